The maximum atomic E-state index is 11.9. The molecule has 20 heavy (non-hydrogen) atoms. The van der Waals surface area contributed by atoms with E-state index in [0.717, 1.165) is 0 Å². The zero-order valence-electron chi connectivity index (χ0n) is 11.5. The first-order chi connectivity index (χ1) is 9.22. The molecule has 1 aliphatic rings. The van der Waals surface area contributed by atoms with Crippen molar-refractivity contribution in [3.05, 3.63) is 0 Å². The number of amides is 2. The predicted octanol–water partition coefficient (Wildman–Crippen LogP) is 0.938. The number of carbonyl (C=O) groups is 2. The van der Waals surface area contributed by atoms with Gasteiger partial charge in [-0.05, 0) is 12.3 Å². The minimum absolute atomic E-state index is 0.0599. The summed E-state index contributed by atoms with van der Waals surface area (Å²) < 4.78 is 40.1. The summed E-state index contributed by atoms with van der Waals surface area (Å²) in [5.41, 5.74) is 0. The highest BCUT2D eigenvalue weighted by Gasteiger charge is 2.36. The number of halogens is 3. The molecular formula is C12H19F3N2O3. The van der Waals surface area contributed by atoms with E-state index in [9.17, 15) is 22.8 Å². The number of nitrogens with one attached hydrogen (secondary N) is 1. The third-order valence-corrected chi connectivity index (χ3v) is 2.92. The molecule has 2 amide bonds. The second kappa shape index (κ2) is 6.92. The van der Waals surface area contributed by atoms with Crippen LogP contribution in [0.4, 0.5) is 13.2 Å². The van der Waals surface area contributed by atoms with Gasteiger partial charge in [0.2, 0.25) is 11.8 Å². The van der Waals surface area contributed by atoms with Crippen LogP contribution < -0.4 is 5.32 Å². The molecule has 1 N–H and O–H groups in total. The number of piperazine rings is 1. The third kappa shape index (κ3) is 4.99. The van der Waals surface area contributed by atoms with Crippen LogP contribution in [-0.2, 0) is 14.3 Å². The molecule has 1 unspecified atom stereocenters. The predicted molar refractivity (Wildman–Crippen MR) is 64.8 cm³/mol. The van der Waals surface area contributed by atoms with Gasteiger partial charge in [0.15, 0.2) is 0 Å². The van der Waals surface area contributed by atoms with Gasteiger partial charge in [0.1, 0.15) is 12.6 Å². The number of hydrogen-bond acceptors (Lipinski definition) is 3. The van der Waals surface area contributed by atoms with Gasteiger partial charge in [0, 0.05) is 13.2 Å². The van der Waals surface area contributed by atoms with E-state index in [4.69, 9.17) is 0 Å². The van der Waals surface area contributed by atoms with Crippen LogP contribution in [0.3, 0.4) is 0 Å². The maximum Gasteiger partial charge on any atom is 0.411 e. The average Bonchev–Trinajstić information content (AvgIpc) is 2.31. The van der Waals surface area contributed by atoms with Crippen molar-refractivity contribution in [2.45, 2.75) is 32.5 Å². The summed E-state index contributed by atoms with van der Waals surface area (Å²) in [5, 5.41) is 2.50. The van der Waals surface area contributed by atoms with Crippen LogP contribution in [0.25, 0.3) is 0 Å². The van der Waals surface area contributed by atoms with Crippen LogP contribution in [0.2, 0.25) is 0 Å². The highest BCUT2D eigenvalue weighted by Crippen LogP contribution is 2.16. The number of ether oxygens (including phenoxy) is 1. The lowest BCUT2D eigenvalue weighted by Gasteiger charge is -2.37. The van der Waals surface area contributed by atoms with Crippen molar-refractivity contribution in [1.29, 1.82) is 0 Å². The number of carbonyl (C=O) groups excluding carboxylic acids is 2. The van der Waals surface area contributed by atoms with Gasteiger partial charge in [0.05, 0.1) is 6.54 Å². The Morgan fingerprint density at radius 2 is 2.05 bits per heavy atom. The fourth-order valence-electron chi connectivity index (χ4n) is 2.12. The molecule has 0 saturated carbocycles. The molecule has 0 aliphatic carbocycles. The Hall–Kier alpha value is -1.31. The van der Waals surface area contributed by atoms with Crippen molar-refractivity contribution in [3.8, 4) is 0 Å². The molecule has 1 rings (SSSR count). The number of alkyl halides is 3. The molecule has 0 aromatic rings. The highest BCUT2D eigenvalue weighted by molar-refractivity contribution is 5.94. The van der Waals surface area contributed by atoms with Crippen molar-refractivity contribution in [1.82, 2.24) is 10.2 Å². The van der Waals surface area contributed by atoms with Gasteiger partial charge >= 0.3 is 6.18 Å². The second-order valence-electron chi connectivity index (χ2n) is 5.02. The summed E-state index contributed by atoms with van der Waals surface area (Å²) >= 11 is 0. The summed E-state index contributed by atoms with van der Waals surface area (Å²) in [6.45, 7) is 2.38. The van der Waals surface area contributed by atoms with Crippen LogP contribution in [0, 0.1) is 5.92 Å². The van der Waals surface area contributed by atoms with Gasteiger partial charge in [-0.1, -0.05) is 13.8 Å². The largest absolute Gasteiger partial charge is 0.411 e. The minimum Gasteiger partial charge on any atom is -0.372 e. The summed E-state index contributed by atoms with van der Waals surface area (Å²) in [6.07, 6.45) is -4.08. The first kappa shape index (κ1) is 16.7. The summed E-state index contributed by atoms with van der Waals surface area (Å²) in [5.74, 6) is -0.509. The Morgan fingerprint density at radius 3 is 2.60 bits per heavy atom. The zero-order valence-corrected chi connectivity index (χ0v) is 11.5. The number of hydrogen-bond donors (Lipinski definition) is 1. The Morgan fingerprint density at radius 1 is 1.40 bits per heavy atom. The lowest BCUT2D eigenvalue weighted by atomic mass is 9.99. The molecule has 0 aromatic carbocycles. The number of nitrogens with zero attached hydrogens (tertiary/aromatic N) is 1. The molecule has 1 heterocycles. The van der Waals surface area contributed by atoms with E-state index >= 15 is 0 Å². The molecule has 1 fully saturated rings. The van der Waals surface area contributed by atoms with E-state index in [1.54, 1.807) is 0 Å². The Labute approximate surface area is 115 Å². The van der Waals surface area contributed by atoms with Crippen LogP contribution in [0.5, 0.6) is 0 Å². The van der Waals surface area contributed by atoms with E-state index in [1.807, 2.05) is 13.8 Å². The molecule has 0 radical (unpaired) electrons. The van der Waals surface area contributed by atoms with Crippen LogP contribution in [0.1, 0.15) is 20.3 Å². The zero-order chi connectivity index (χ0) is 15.3. The van der Waals surface area contributed by atoms with E-state index in [2.05, 4.69) is 10.1 Å². The van der Waals surface area contributed by atoms with Crippen molar-refractivity contribution in [2.75, 3.05) is 26.3 Å². The van der Waals surface area contributed by atoms with Crippen molar-refractivity contribution >= 4 is 11.8 Å². The third-order valence-electron chi connectivity index (χ3n) is 2.92. The first-order valence-corrected chi connectivity index (χ1v) is 6.44. The molecular weight excluding hydrogens is 277 g/mol. The quantitative estimate of drug-likeness (QED) is 0.742. The Kier molecular flexibility index (Phi) is 5.79. The SMILES string of the molecule is CC(C)C1C(=O)NCC(=O)N1CCCOCC(F)(F)F. The normalized spacial score (nSPS) is 20.5. The minimum atomic E-state index is -4.35. The highest BCUT2D eigenvalue weighted by atomic mass is 19.4. The van der Waals surface area contributed by atoms with Crippen LogP contribution >= 0.6 is 0 Å². The monoisotopic (exact) mass is 296 g/mol. The Balaban J connectivity index is 2.43. The van der Waals surface area contributed by atoms with Gasteiger partial charge in [0.25, 0.3) is 0 Å². The maximum absolute atomic E-state index is 11.9. The standard InChI is InChI=1S/C12H19F3N2O3/c1-8(2)10-11(19)16-6-9(18)17(10)4-3-5-20-7-12(13,14)15/h8,10H,3-7H2,1-2H3,(H,16,19). The van der Waals surface area contributed by atoms with E-state index in [0.29, 0.717) is 0 Å². The smallest absolute Gasteiger partial charge is 0.372 e. The second-order valence-corrected chi connectivity index (χ2v) is 5.02. The lowest BCUT2D eigenvalue weighted by molar-refractivity contribution is -0.174. The molecule has 1 atom stereocenters. The van der Waals surface area contributed by atoms with E-state index < -0.39 is 18.8 Å². The Bertz CT molecular complexity index is 358. The lowest BCUT2D eigenvalue weighted by Crippen LogP contribution is -2.60. The number of rotatable bonds is 6. The fourth-order valence-corrected chi connectivity index (χ4v) is 2.12. The molecule has 1 aliphatic heterocycles. The molecule has 0 aromatic heterocycles. The average molecular weight is 296 g/mol. The van der Waals surface area contributed by atoms with Crippen molar-refractivity contribution in [3.63, 3.8) is 0 Å². The molecule has 0 bridgehead atoms. The van der Waals surface area contributed by atoms with Crippen LogP contribution in [0.15, 0.2) is 0 Å². The molecule has 1 saturated heterocycles. The van der Waals surface area contributed by atoms with Crippen molar-refractivity contribution in [2.24, 2.45) is 5.92 Å². The van der Waals surface area contributed by atoms with Crippen molar-refractivity contribution < 1.29 is 27.5 Å². The van der Waals surface area contributed by atoms with Gasteiger partial charge in [-0.2, -0.15) is 13.2 Å². The first-order valence-electron chi connectivity index (χ1n) is 6.44. The molecule has 0 spiro atoms. The summed E-state index contributed by atoms with van der Waals surface area (Å²) in [4.78, 5) is 24.9. The molecule has 5 nitrogen and oxygen atoms in total. The molecule has 8 heteroatoms. The summed E-state index contributed by atoms with van der Waals surface area (Å²) in [6, 6.07) is -0.570. The molecule has 116 valence electrons. The topological polar surface area (TPSA) is 58.6 Å². The van der Waals surface area contributed by atoms with E-state index in [1.165, 1.54) is 4.90 Å². The van der Waals surface area contributed by atoms with Crippen LogP contribution in [-0.4, -0.2) is 55.2 Å². The van der Waals surface area contributed by atoms with Gasteiger partial charge in [-0.25, -0.2) is 0 Å². The van der Waals surface area contributed by atoms with Gasteiger partial charge in [-0.15, -0.1) is 0 Å². The summed E-state index contributed by atoms with van der Waals surface area (Å²) in [7, 11) is 0. The fraction of sp³-hybridized carbons (Fsp3) is 0.833. The van der Waals surface area contributed by atoms with Gasteiger partial charge in [-0.3, -0.25) is 9.59 Å². The van der Waals surface area contributed by atoms with Gasteiger partial charge < -0.3 is 15.0 Å². The van der Waals surface area contributed by atoms with E-state index in [-0.39, 0.29) is 43.8 Å².